The molecule has 0 spiro atoms. The molecule has 3 aromatic heterocycles. The number of anilines is 1. The average Bonchev–Trinajstić information content (AvgIpc) is 3.33. The molecule has 0 unspecified atom stereocenters. The number of thioether (sulfide) groups is 1. The van der Waals surface area contributed by atoms with Gasteiger partial charge in [0, 0.05) is 21.1 Å². The molecular formula is C16H18N6O2S3. The number of hydrogen-bond acceptors (Lipinski definition) is 8. The molecule has 27 heavy (non-hydrogen) atoms. The molecule has 0 aromatic carbocycles. The van der Waals surface area contributed by atoms with Crippen LogP contribution in [0.15, 0.2) is 22.7 Å². The molecule has 3 heterocycles. The zero-order chi connectivity index (χ0) is 19.6. The summed E-state index contributed by atoms with van der Waals surface area (Å²) in [4.78, 5) is 31.6. The molecule has 0 saturated carbocycles. The van der Waals surface area contributed by atoms with E-state index in [1.54, 1.807) is 32.4 Å². The number of thiophene rings is 1. The predicted molar refractivity (Wildman–Crippen MR) is 109 cm³/mol. The van der Waals surface area contributed by atoms with Crippen LogP contribution >= 0.6 is 34.4 Å². The van der Waals surface area contributed by atoms with Crippen molar-refractivity contribution in [2.75, 3.05) is 25.2 Å². The third-order valence-electron chi connectivity index (χ3n) is 3.55. The third kappa shape index (κ3) is 4.37. The maximum Gasteiger partial charge on any atom is 0.265 e. The highest BCUT2D eigenvalue weighted by molar-refractivity contribution is 7.99. The van der Waals surface area contributed by atoms with E-state index in [9.17, 15) is 9.59 Å². The van der Waals surface area contributed by atoms with Crippen molar-refractivity contribution in [2.24, 2.45) is 7.05 Å². The molecule has 8 nitrogen and oxygen atoms in total. The van der Waals surface area contributed by atoms with Gasteiger partial charge in [-0.2, -0.15) is 0 Å². The molecule has 0 fully saturated rings. The maximum atomic E-state index is 12.2. The molecule has 0 aliphatic rings. The van der Waals surface area contributed by atoms with E-state index in [2.05, 4.69) is 20.5 Å². The van der Waals surface area contributed by atoms with Crippen molar-refractivity contribution < 1.29 is 9.59 Å². The fraction of sp³-hybridized carbons (Fsp3) is 0.312. The van der Waals surface area contributed by atoms with Crippen molar-refractivity contribution in [1.29, 1.82) is 0 Å². The highest BCUT2D eigenvalue weighted by Crippen LogP contribution is 2.27. The first-order valence-corrected chi connectivity index (χ1v) is 10.6. The fourth-order valence-electron chi connectivity index (χ4n) is 2.20. The van der Waals surface area contributed by atoms with Crippen LogP contribution in [-0.4, -0.2) is 56.3 Å². The van der Waals surface area contributed by atoms with Gasteiger partial charge in [-0.3, -0.25) is 9.59 Å². The van der Waals surface area contributed by atoms with Crippen LogP contribution in [0, 0.1) is 6.92 Å². The molecule has 1 N–H and O–H groups in total. The van der Waals surface area contributed by atoms with Gasteiger partial charge in [-0.1, -0.05) is 29.2 Å². The highest BCUT2D eigenvalue weighted by atomic mass is 32.2. The second kappa shape index (κ2) is 8.19. The van der Waals surface area contributed by atoms with Gasteiger partial charge < -0.3 is 14.8 Å². The zero-order valence-electron chi connectivity index (χ0n) is 15.2. The summed E-state index contributed by atoms with van der Waals surface area (Å²) >= 11 is 4.06. The van der Waals surface area contributed by atoms with Crippen molar-refractivity contribution in [3.63, 3.8) is 0 Å². The summed E-state index contributed by atoms with van der Waals surface area (Å²) in [6.45, 7) is 1.75. The van der Waals surface area contributed by atoms with Gasteiger partial charge in [0.1, 0.15) is 4.88 Å². The van der Waals surface area contributed by atoms with Crippen LogP contribution in [-0.2, 0) is 11.8 Å². The molecule has 0 saturated heterocycles. The first-order valence-electron chi connectivity index (χ1n) is 7.91. The molecule has 2 amide bonds. The summed E-state index contributed by atoms with van der Waals surface area (Å²) in [7, 11) is 5.24. The van der Waals surface area contributed by atoms with Crippen molar-refractivity contribution in [2.45, 2.75) is 12.1 Å². The molecule has 3 aromatic rings. The molecule has 0 aliphatic heterocycles. The summed E-state index contributed by atoms with van der Waals surface area (Å²) < 4.78 is 1.87. The predicted octanol–water partition coefficient (Wildman–Crippen LogP) is 2.74. The SMILES string of the molecule is Cc1nc(NC(=O)CSc2nnc(-c3cccs3)n2C)sc1C(=O)N(C)C. The minimum atomic E-state index is -0.210. The minimum absolute atomic E-state index is 0.125. The lowest BCUT2D eigenvalue weighted by molar-refractivity contribution is -0.113. The summed E-state index contributed by atoms with van der Waals surface area (Å²) in [6.07, 6.45) is 0. The van der Waals surface area contributed by atoms with E-state index in [0.717, 1.165) is 10.7 Å². The van der Waals surface area contributed by atoms with E-state index < -0.39 is 0 Å². The molecule has 0 bridgehead atoms. The molecule has 11 heteroatoms. The number of nitrogens with zero attached hydrogens (tertiary/aromatic N) is 5. The van der Waals surface area contributed by atoms with Gasteiger partial charge in [-0.15, -0.1) is 21.5 Å². The Bertz CT molecular complexity index is 961. The number of thiazole rings is 1. The highest BCUT2D eigenvalue weighted by Gasteiger charge is 2.19. The molecule has 0 aliphatic carbocycles. The van der Waals surface area contributed by atoms with E-state index >= 15 is 0 Å². The Morgan fingerprint density at radius 2 is 2.11 bits per heavy atom. The van der Waals surface area contributed by atoms with E-state index in [1.165, 1.54) is 28.0 Å². The lowest BCUT2D eigenvalue weighted by Crippen LogP contribution is -2.21. The van der Waals surface area contributed by atoms with Gasteiger partial charge in [0.25, 0.3) is 5.91 Å². The van der Waals surface area contributed by atoms with Crippen molar-refractivity contribution in [1.82, 2.24) is 24.6 Å². The maximum absolute atomic E-state index is 12.2. The van der Waals surface area contributed by atoms with Crippen molar-refractivity contribution in [3.05, 3.63) is 28.1 Å². The van der Waals surface area contributed by atoms with Crippen LogP contribution in [0.2, 0.25) is 0 Å². The van der Waals surface area contributed by atoms with E-state index in [0.29, 0.717) is 20.9 Å². The molecular weight excluding hydrogens is 404 g/mol. The molecule has 0 radical (unpaired) electrons. The first kappa shape index (κ1) is 19.5. The van der Waals surface area contributed by atoms with Gasteiger partial charge in [-0.25, -0.2) is 4.98 Å². The van der Waals surface area contributed by atoms with Crippen molar-refractivity contribution >= 4 is 51.4 Å². The van der Waals surface area contributed by atoms with Crippen LogP contribution in [0.4, 0.5) is 5.13 Å². The standard InChI is InChI=1S/C16H18N6O2S3/c1-9-12(14(24)21(2)3)27-15(17-9)18-11(23)8-26-16-20-19-13(22(16)4)10-6-5-7-25-10/h5-7H,8H2,1-4H3,(H,17,18,23). The minimum Gasteiger partial charge on any atom is -0.344 e. The summed E-state index contributed by atoms with van der Waals surface area (Å²) in [6, 6.07) is 3.94. The number of carbonyl (C=O) groups excluding carboxylic acids is 2. The number of rotatable bonds is 6. The van der Waals surface area contributed by atoms with Gasteiger partial charge >= 0.3 is 0 Å². The summed E-state index contributed by atoms with van der Waals surface area (Å²) in [5.41, 5.74) is 0.607. The van der Waals surface area contributed by atoms with Gasteiger partial charge in [-0.05, 0) is 18.4 Å². The number of nitrogens with one attached hydrogen (secondary N) is 1. The molecule has 142 valence electrons. The third-order valence-corrected chi connectivity index (χ3v) is 6.50. The zero-order valence-corrected chi connectivity index (χ0v) is 17.7. The van der Waals surface area contributed by atoms with Crippen LogP contribution in [0.1, 0.15) is 15.4 Å². The van der Waals surface area contributed by atoms with E-state index in [4.69, 9.17) is 0 Å². The Labute approximate surface area is 168 Å². The topological polar surface area (TPSA) is 93.0 Å². The van der Waals surface area contributed by atoms with Crippen LogP contribution in [0.3, 0.4) is 0 Å². The number of aryl methyl sites for hydroxylation is 1. The van der Waals surface area contributed by atoms with Gasteiger partial charge in [0.05, 0.1) is 16.3 Å². The quantitative estimate of drug-likeness (QED) is 0.614. The van der Waals surface area contributed by atoms with Crippen molar-refractivity contribution in [3.8, 4) is 10.7 Å². The first-order chi connectivity index (χ1) is 12.9. The van der Waals surface area contributed by atoms with Crippen LogP contribution in [0.25, 0.3) is 10.7 Å². The van der Waals surface area contributed by atoms with E-state index in [1.807, 2.05) is 29.1 Å². The summed E-state index contributed by atoms with van der Waals surface area (Å²) in [5.74, 6) is 0.611. The lowest BCUT2D eigenvalue weighted by atomic mass is 10.3. The Kier molecular flexibility index (Phi) is 5.92. The lowest BCUT2D eigenvalue weighted by Gasteiger charge is -2.07. The van der Waals surface area contributed by atoms with Crippen LogP contribution in [0.5, 0.6) is 0 Å². The van der Waals surface area contributed by atoms with Crippen LogP contribution < -0.4 is 5.32 Å². The number of hydrogen-bond donors (Lipinski definition) is 1. The average molecular weight is 423 g/mol. The number of amides is 2. The van der Waals surface area contributed by atoms with Gasteiger partial charge in [0.15, 0.2) is 16.1 Å². The van der Waals surface area contributed by atoms with Gasteiger partial charge in [0.2, 0.25) is 5.91 Å². The Morgan fingerprint density at radius 1 is 1.33 bits per heavy atom. The Morgan fingerprint density at radius 3 is 2.78 bits per heavy atom. The van der Waals surface area contributed by atoms with E-state index in [-0.39, 0.29) is 17.6 Å². The molecule has 3 rings (SSSR count). The normalized spacial score (nSPS) is 10.8. The monoisotopic (exact) mass is 422 g/mol. The Hall–Kier alpha value is -2.24. The number of carbonyl (C=O) groups is 2. The second-order valence-electron chi connectivity index (χ2n) is 5.81. The number of aromatic nitrogens is 4. The smallest absolute Gasteiger partial charge is 0.265 e. The fourth-order valence-corrected chi connectivity index (χ4v) is 4.66. The second-order valence-corrected chi connectivity index (χ2v) is 8.70. The Balaban J connectivity index is 1.61. The molecule has 0 atom stereocenters. The largest absolute Gasteiger partial charge is 0.344 e. The summed E-state index contributed by atoms with van der Waals surface area (Å²) in [5, 5.41) is 14.1.